The van der Waals surface area contributed by atoms with Crippen molar-refractivity contribution in [1.82, 2.24) is 15.2 Å². The van der Waals surface area contributed by atoms with Crippen LogP contribution in [0.2, 0.25) is 0 Å². The fraction of sp³-hybridized carbons (Fsp3) is 0.545. The molecule has 6 heteroatoms. The minimum absolute atomic E-state index is 0.640. The first-order valence-corrected chi connectivity index (χ1v) is 7.34. The second-order valence-corrected chi connectivity index (χ2v) is 6.25. The molecule has 0 fully saturated rings. The van der Waals surface area contributed by atoms with E-state index < -0.39 is 0 Å². The van der Waals surface area contributed by atoms with E-state index in [1.165, 1.54) is 5.01 Å². The summed E-state index contributed by atoms with van der Waals surface area (Å²) in [5.74, 6) is 0.640. The van der Waals surface area contributed by atoms with Gasteiger partial charge in [-0.15, -0.1) is 21.5 Å². The number of rotatable bonds is 5. The van der Waals surface area contributed by atoms with Crippen molar-refractivity contribution >= 4 is 27.8 Å². The molecule has 0 saturated heterocycles. The summed E-state index contributed by atoms with van der Waals surface area (Å²) >= 11 is 3.29. The van der Waals surface area contributed by atoms with Crippen LogP contribution in [0.1, 0.15) is 25.8 Å². The SMILES string of the molecule is CCNc1nnc(-c2cnc(CC(C)C)s2)s1. The Hall–Kier alpha value is -1.01. The van der Waals surface area contributed by atoms with Gasteiger partial charge in [0.2, 0.25) is 5.13 Å². The average Bonchev–Trinajstić information content (AvgIpc) is 2.86. The predicted octanol–water partition coefficient (Wildman–Crippen LogP) is 3.29. The summed E-state index contributed by atoms with van der Waals surface area (Å²) in [6, 6.07) is 0. The number of nitrogens with zero attached hydrogens (tertiary/aromatic N) is 3. The van der Waals surface area contributed by atoms with Crippen LogP contribution in [0, 0.1) is 5.92 Å². The van der Waals surface area contributed by atoms with E-state index in [1.54, 1.807) is 22.7 Å². The van der Waals surface area contributed by atoms with Crippen molar-refractivity contribution in [3.63, 3.8) is 0 Å². The Kier molecular flexibility index (Phi) is 4.06. The molecule has 92 valence electrons. The van der Waals surface area contributed by atoms with Gasteiger partial charge in [0.1, 0.15) is 0 Å². The number of aromatic nitrogens is 3. The molecule has 0 aliphatic rings. The Labute approximate surface area is 109 Å². The highest BCUT2D eigenvalue weighted by Gasteiger charge is 2.10. The lowest BCUT2D eigenvalue weighted by Crippen LogP contribution is -1.94. The van der Waals surface area contributed by atoms with Gasteiger partial charge in [-0.05, 0) is 12.8 Å². The highest BCUT2D eigenvalue weighted by Crippen LogP contribution is 2.31. The van der Waals surface area contributed by atoms with Crippen LogP contribution >= 0.6 is 22.7 Å². The lowest BCUT2D eigenvalue weighted by molar-refractivity contribution is 0.644. The third-order valence-corrected chi connectivity index (χ3v) is 4.17. The Morgan fingerprint density at radius 2 is 2.12 bits per heavy atom. The van der Waals surface area contributed by atoms with Crippen LogP contribution in [0.5, 0.6) is 0 Å². The standard InChI is InChI=1S/C11H16N4S2/c1-4-12-11-15-14-10(17-11)8-6-13-9(16-8)5-7(2)3/h6-7H,4-5H2,1-3H3,(H,12,15). The summed E-state index contributed by atoms with van der Waals surface area (Å²) in [5.41, 5.74) is 0. The zero-order chi connectivity index (χ0) is 12.3. The molecule has 0 amide bonds. The van der Waals surface area contributed by atoms with Crippen LogP contribution in [0.15, 0.2) is 6.20 Å². The van der Waals surface area contributed by atoms with E-state index in [1.807, 2.05) is 6.20 Å². The molecule has 2 aromatic rings. The van der Waals surface area contributed by atoms with Gasteiger partial charge in [-0.3, -0.25) is 0 Å². The smallest absolute Gasteiger partial charge is 0.206 e. The molecule has 0 radical (unpaired) electrons. The molecule has 0 aliphatic carbocycles. The van der Waals surface area contributed by atoms with E-state index in [4.69, 9.17) is 0 Å². The zero-order valence-electron chi connectivity index (χ0n) is 10.2. The molecule has 0 aliphatic heterocycles. The lowest BCUT2D eigenvalue weighted by atomic mass is 10.1. The quantitative estimate of drug-likeness (QED) is 0.904. The van der Waals surface area contributed by atoms with Crippen LogP contribution in [-0.4, -0.2) is 21.7 Å². The van der Waals surface area contributed by atoms with Crippen LogP contribution < -0.4 is 5.32 Å². The molecule has 4 nitrogen and oxygen atoms in total. The maximum atomic E-state index is 4.42. The van der Waals surface area contributed by atoms with Crippen molar-refractivity contribution in [2.75, 3.05) is 11.9 Å². The topological polar surface area (TPSA) is 50.7 Å². The molecular weight excluding hydrogens is 252 g/mol. The third-order valence-electron chi connectivity index (χ3n) is 2.10. The molecule has 2 rings (SSSR count). The van der Waals surface area contributed by atoms with E-state index in [9.17, 15) is 0 Å². The number of anilines is 1. The van der Waals surface area contributed by atoms with Gasteiger partial charge in [0.15, 0.2) is 5.01 Å². The monoisotopic (exact) mass is 268 g/mol. The average molecular weight is 268 g/mol. The molecule has 0 atom stereocenters. The number of thiazole rings is 1. The number of nitrogens with one attached hydrogen (secondary N) is 1. The van der Waals surface area contributed by atoms with Crippen LogP contribution in [0.25, 0.3) is 9.88 Å². The molecule has 0 bridgehead atoms. The number of hydrogen-bond acceptors (Lipinski definition) is 6. The minimum Gasteiger partial charge on any atom is -0.360 e. The van der Waals surface area contributed by atoms with Gasteiger partial charge < -0.3 is 5.32 Å². The van der Waals surface area contributed by atoms with Gasteiger partial charge in [-0.1, -0.05) is 25.2 Å². The highest BCUT2D eigenvalue weighted by atomic mass is 32.1. The molecule has 0 aromatic carbocycles. The van der Waals surface area contributed by atoms with E-state index in [0.717, 1.165) is 28.0 Å². The Morgan fingerprint density at radius 1 is 1.29 bits per heavy atom. The van der Waals surface area contributed by atoms with E-state index in [2.05, 4.69) is 41.3 Å². The first-order chi connectivity index (χ1) is 8.19. The maximum absolute atomic E-state index is 4.42. The van der Waals surface area contributed by atoms with Crippen LogP contribution in [0.4, 0.5) is 5.13 Å². The number of hydrogen-bond donors (Lipinski definition) is 1. The van der Waals surface area contributed by atoms with Gasteiger partial charge in [-0.25, -0.2) is 4.98 Å². The van der Waals surface area contributed by atoms with E-state index >= 15 is 0 Å². The Bertz CT molecular complexity index is 475. The molecule has 17 heavy (non-hydrogen) atoms. The summed E-state index contributed by atoms with van der Waals surface area (Å²) in [7, 11) is 0. The lowest BCUT2D eigenvalue weighted by Gasteiger charge is -1.97. The molecule has 2 aromatic heterocycles. The predicted molar refractivity (Wildman–Crippen MR) is 73.7 cm³/mol. The zero-order valence-corrected chi connectivity index (χ0v) is 11.9. The highest BCUT2D eigenvalue weighted by molar-refractivity contribution is 7.23. The van der Waals surface area contributed by atoms with Crippen molar-refractivity contribution in [3.8, 4) is 9.88 Å². The Balaban J connectivity index is 2.12. The van der Waals surface area contributed by atoms with Gasteiger partial charge in [0.05, 0.1) is 9.88 Å². The molecule has 0 spiro atoms. The molecule has 0 unspecified atom stereocenters. The molecule has 0 saturated carbocycles. The normalized spacial score (nSPS) is 11.1. The second-order valence-electron chi connectivity index (χ2n) is 4.16. The Morgan fingerprint density at radius 3 is 2.82 bits per heavy atom. The minimum atomic E-state index is 0.640. The first-order valence-electron chi connectivity index (χ1n) is 5.71. The van der Waals surface area contributed by atoms with E-state index in [-0.39, 0.29) is 0 Å². The second kappa shape index (κ2) is 5.55. The third kappa shape index (κ3) is 3.23. The van der Waals surface area contributed by atoms with Crippen LogP contribution in [0.3, 0.4) is 0 Å². The van der Waals surface area contributed by atoms with Crippen LogP contribution in [-0.2, 0) is 6.42 Å². The van der Waals surface area contributed by atoms with Gasteiger partial charge >= 0.3 is 0 Å². The summed E-state index contributed by atoms with van der Waals surface area (Å²) in [6.45, 7) is 7.33. The van der Waals surface area contributed by atoms with Crippen molar-refractivity contribution in [2.45, 2.75) is 27.2 Å². The van der Waals surface area contributed by atoms with Crippen molar-refractivity contribution in [3.05, 3.63) is 11.2 Å². The molecule has 1 N–H and O–H groups in total. The summed E-state index contributed by atoms with van der Waals surface area (Å²) < 4.78 is 0. The van der Waals surface area contributed by atoms with Gasteiger partial charge in [-0.2, -0.15) is 0 Å². The molecule has 2 heterocycles. The fourth-order valence-electron chi connectivity index (χ4n) is 1.40. The first kappa shape index (κ1) is 12.4. The van der Waals surface area contributed by atoms with Crippen molar-refractivity contribution in [2.24, 2.45) is 5.92 Å². The largest absolute Gasteiger partial charge is 0.360 e. The summed E-state index contributed by atoms with van der Waals surface area (Å²) in [4.78, 5) is 5.54. The van der Waals surface area contributed by atoms with Gasteiger partial charge in [0.25, 0.3) is 0 Å². The van der Waals surface area contributed by atoms with Crippen molar-refractivity contribution in [1.29, 1.82) is 0 Å². The maximum Gasteiger partial charge on any atom is 0.206 e. The van der Waals surface area contributed by atoms with Crippen molar-refractivity contribution < 1.29 is 0 Å². The van der Waals surface area contributed by atoms with E-state index in [0.29, 0.717) is 5.92 Å². The fourth-order valence-corrected chi connectivity index (χ4v) is 3.37. The molecular formula is C11H16N4S2. The summed E-state index contributed by atoms with van der Waals surface area (Å²) in [6.07, 6.45) is 2.93. The summed E-state index contributed by atoms with van der Waals surface area (Å²) in [5, 5.41) is 14.4. The van der Waals surface area contributed by atoms with Gasteiger partial charge in [0, 0.05) is 19.2 Å².